The van der Waals surface area contributed by atoms with Crippen molar-refractivity contribution in [3.8, 4) is 0 Å². The molecule has 1 aliphatic heterocycles. The van der Waals surface area contributed by atoms with E-state index in [1.165, 1.54) is 5.56 Å². The third kappa shape index (κ3) is 2.57. The summed E-state index contributed by atoms with van der Waals surface area (Å²) in [6.45, 7) is 4.71. The molecule has 1 aliphatic rings. The van der Waals surface area contributed by atoms with Crippen LogP contribution in [0.3, 0.4) is 0 Å². The van der Waals surface area contributed by atoms with E-state index in [1.54, 1.807) is 0 Å². The van der Waals surface area contributed by atoms with Crippen molar-refractivity contribution in [2.24, 2.45) is 5.41 Å². The molecular formula is C13H18FN. The van der Waals surface area contributed by atoms with Crippen molar-refractivity contribution in [3.63, 3.8) is 0 Å². The van der Waals surface area contributed by atoms with Crippen molar-refractivity contribution in [2.45, 2.75) is 19.9 Å². The van der Waals surface area contributed by atoms with E-state index < -0.39 is 0 Å². The van der Waals surface area contributed by atoms with E-state index in [4.69, 9.17) is 0 Å². The van der Waals surface area contributed by atoms with Crippen LogP contribution in [0.5, 0.6) is 0 Å². The fourth-order valence-corrected chi connectivity index (χ4v) is 2.21. The van der Waals surface area contributed by atoms with E-state index in [-0.39, 0.29) is 12.1 Å². The van der Waals surface area contributed by atoms with Crippen molar-refractivity contribution >= 4 is 0 Å². The number of hydrogen-bond donors (Lipinski definition) is 0. The molecule has 0 spiro atoms. The van der Waals surface area contributed by atoms with Gasteiger partial charge in [-0.25, -0.2) is 0 Å². The third-order valence-corrected chi connectivity index (χ3v) is 3.21. The smallest absolute Gasteiger partial charge is 0.0960 e. The summed E-state index contributed by atoms with van der Waals surface area (Å²) in [4.78, 5) is 2.34. The van der Waals surface area contributed by atoms with Crippen molar-refractivity contribution in [1.82, 2.24) is 4.90 Å². The van der Waals surface area contributed by atoms with E-state index >= 15 is 0 Å². The Balaban J connectivity index is 1.93. The molecule has 0 saturated carbocycles. The first-order valence-corrected chi connectivity index (χ1v) is 5.54. The Bertz CT molecular complexity index is 312. The van der Waals surface area contributed by atoms with Gasteiger partial charge in [0.05, 0.1) is 6.67 Å². The number of rotatable bonds is 3. The van der Waals surface area contributed by atoms with Crippen LogP contribution in [0.2, 0.25) is 0 Å². The molecule has 1 saturated heterocycles. The van der Waals surface area contributed by atoms with Crippen LogP contribution < -0.4 is 0 Å². The predicted octanol–water partition coefficient (Wildman–Crippen LogP) is 2.87. The average molecular weight is 207 g/mol. The maximum Gasteiger partial charge on any atom is 0.0960 e. The summed E-state index contributed by atoms with van der Waals surface area (Å²) < 4.78 is 12.8. The zero-order valence-electron chi connectivity index (χ0n) is 9.25. The zero-order chi connectivity index (χ0) is 10.7. The fourth-order valence-electron chi connectivity index (χ4n) is 2.21. The lowest BCUT2D eigenvalue weighted by Crippen LogP contribution is -2.26. The molecule has 1 fully saturated rings. The van der Waals surface area contributed by atoms with Crippen LogP contribution in [0.1, 0.15) is 18.9 Å². The van der Waals surface area contributed by atoms with Gasteiger partial charge in [-0.15, -0.1) is 0 Å². The molecule has 82 valence electrons. The van der Waals surface area contributed by atoms with Crippen molar-refractivity contribution in [3.05, 3.63) is 35.9 Å². The number of likely N-dealkylation sites (tertiary alicyclic amines) is 1. The lowest BCUT2D eigenvalue weighted by Gasteiger charge is -2.21. The maximum absolute atomic E-state index is 12.8. The Morgan fingerprint density at radius 3 is 2.67 bits per heavy atom. The largest absolute Gasteiger partial charge is 0.298 e. The molecule has 1 heterocycles. The van der Waals surface area contributed by atoms with Gasteiger partial charge in [0, 0.05) is 18.5 Å². The molecule has 0 radical (unpaired) electrons. The molecule has 1 aromatic carbocycles. The first-order chi connectivity index (χ1) is 7.22. The number of benzene rings is 1. The Labute approximate surface area is 90.9 Å². The molecule has 2 heteroatoms. The monoisotopic (exact) mass is 207 g/mol. The normalized spacial score (nSPS) is 27.1. The van der Waals surface area contributed by atoms with Crippen LogP contribution in [-0.4, -0.2) is 24.7 Å². The lowest BCUT2D eigenvalue weighted by molar-refractivity contribution is 0.217. The molecule has 1 nitrogen and oxygen atoms in total. The highest BCUT2D eigenvalue weighted by Gasteiger charge is 2.33. The van der Waals surface area contributed by atoms with Crippen molar-refractivity contribution < 1.29 is 4.39 Å². The van der Waals surface area contributed by atoms with Gasteiger partial charge in [-0.05, 0) is 18.5 Å². The standard InChI is InChI=1S/C13H18FN/c1-13(10-14)7-8-15(11-13)9-12-5-3-2-4-6-12/h2-6H,7-11H2,1H3. The van der Waals surface area contributed by atoms with Crippen LogP contribution in [0.15, 0.2) is 30.3 Å². The molecule has 0 aliphatic carbocycles. The van der Waals surface area contributed by atoms with Crippen LogP contribution in [-0.2, 0) is 6.54 Å². The quantitative estimate of drug-likeness (QED) is 0.736. The second kappa shape index (κ2) is 4.31. The zero-order valence-corrected chi connectivity index (χ0v) is 9.25. The summed E-state index contributed by atoms with van der Waals surface area (Å²) in [7, 11) is 0. The van der Waals surface area contributed by atoms with Gasteiger partial charge in [0.1, 0.15) is 0 Å². The molecule has 1 aromatic rings. The summed E-state index contributed by atoms with van der Waals surface area (Å²) >= 11 is 0. The van der Waals surface area contributed by atoms with Crippen LogP contribution in [0.25, 0.3) is 0 Å². The summed E-state index contributed by atoms with van der Waals surface area (Å²) in [6.07, 6.45) is 0.982. The van der Waals surface area contributed by atoms with E-state index in [0.717, 1.165) is 26.1 Å². The Morgan fingerprint density at radius 1 is 1.33 bits per heavy atom. The SMILES string of the molecule is CC1(CF)CCN(Cc2ccccc2)C1. The molecule has 0 amide bonds. The van der Waals surface area contributed by atoms with Gasteiger partial charge < -0.3 is 0 Å². The van der Waals surface area contributed by atoms with Crippen molar-refractivity contribution in [2.75, 3.05) is 19.8 Å². The summed E-state index contributed by atoms with van der Waals surface area (Å²) in [5, 5.41) is 0. The van der Waals surface area contributed by atoms with E-state index in [1.807, 2.05) is 13.0 Å². The maximum atomic E-state index is 12.8. The summed E-state index contributed by atoms with van der Waals surface area (Å²) in [5.41, 5.74) is 1.22. The van der Waals surface area contributed by atoms with Gasteiger partial charge in [-0.3, -0.25) is 9.29 Å². The Hall–Kier alpha value is -0.890. The van der Waals surface area contributed by atoms with Gasteiger partial charge in [0.25, 0.3) is 0 Å². The molecule has 0 bridgehead atoms. The minimum atomic E-state index is -0.196. The van der Waals surface area contributed by atoms with Gasteiger partial charge >= 0.3 is 0 Å². The first kappa shape index (κ1) is 10.6. The first-order valence-electron chi connectivity index (χ1n) is 5.54. The summed E-state index contributed by atoms with van der Waals surface area (Å²) in [6, 6.07) is 10.4. The topological polar surface area (TPSA) is 3.24 Å². The van der Waals surface area contributed by atoms with Gasteiger partial charge in [-0.2, -0.15) is 0 Å². The molecule has 15 heavy (non-hydrogen) atoms. The van der Waals surface area contributed by atoms with Crippen LogP contribution in [0, 0.1) is 5.41 Å². The molecule has 0 aromatic heterocycles. The van der Waals surface area contributed by atoms with Crippen LogP contribution >= 0.6 is 0 Å². The highest BCUT2D eigenvalue weighted by Crippen LogP contribution is 2.30. The molecular weight excluding hydrogens is 189 g/mol. The number of nitrogens with zero attached hydrogens (tertiary/aromatic N) is 1. The number of hydrogen-bond acceptors (Lipinski definition) is 1. The molecule has 1 atom stereocenters. The molecule has 0 N–H and O–H groups in total. The number of alkyl halides is 1. The Kier molecular flexibility index (Phi) is 3.06. The molecule has 1 unspecified atom stereocenters. The van der Waals surface area contributed by atoms with E-state index in [2.05, 4.69) is 29.2 Å². The van der Waals surface area contributed by atoms with Gasteiger partial charge in [0.2, 0.25) is 0 Å². The van der Waals surface area contributed by atoms with Gasteiger partial charge in [0.15, 0.2) is 0 Å². The minimum Gasteiger partial charge on any atom is -0.298 e. The third-order valence-electron chi connectivity index (χ3n) is 3.21. The fraction of sp³-hybridized carbons (Fsp3) is 0.538. The molecule has 2 rings (SSSR count). The highest BCUT2D eigenvalue weighted by molar-refractivity contribution is 5.14. The second-order valence-corrected chi connectivity index (χ2v) is 4.89. The average Bonchev–Trinajstić information content (AvgIpc) is 2.63. The van der Waals surface area contributed by atoms with Crippen LogP contribution in [0.4, 0.5) is 4.39 Å². The second-order valence-electron chi connectivity index (χ2n) is 4.89. The Morgan fingerprint density at radius 2 is 2.07 bits per heavy atom. The van der Waals surface area contributed by atoms with E-state index in [9.17, 15) is 4.39 Å². The van der Waals surface area contributed by atoms with E-state index in [0.29, 0.717) is 0 Å². The summed E-state index contributed by atoms with van der Waals surface area (Å²) in [5.74, 6) is 0. The van der Waals surface area contributed by atoms with Crippen molar-refractivity contribution in [1.29, 1.82) is 0 Å². The highest BCUT2D eigenvalue weighted by atomic mass is 19.1. The number of halogens is 1. The minimum absolute atomic E-state index is 0.102. The predicted molar refractivity (Wildman–Crippen MR) is 60.4 cm³/mol. The lowest BCUT2D eigenvalue weighted by atomic mass is 9.92. The van der Waals surface area contributed by atoms with Gasteiger partial charge in [-0.1, -0.05) is 37.3 Å².